The van der Waals surface area contributed by atoms with Crippen molar-refractivity contribution in [3.63, 3.8) is 0 Å². The number of halogens is 1. The number of likely N-dealkylation sites (tertiary alicyclic amines) is 1. The number of carbonyl (C=O) groups is 1. The molecule has 4 aromatic rings. The summed E-state index contributed by atoms with van der Waals surface area (Å²) in [5.41, 5.74) is 2.31. The molecule has 1 fully saturated rings. The molecule has 0 radical (unpaired) electrons. The van der Waals surface area contributed by atoms with Crippen molar-refractivity contribution in [3.8, 4) is 16.9 Å². The number of nitrogens with one attached hydrogen (secondary N) is 2. The van der Waals surface area contributed by atoms with E-state index in [0.717, 1.165) is 37.2 Å². The van der Waals surface area contributed by atoms with E-state index in [1.54, 1.807) is 42.3 Å². The zero-order valence-electron chi connectivity index (χ0n) is 18.5. The monoisotopic (exact) mass is 448 g/mol. The van der Waals surface area contributed by atoms with Crippen molar-refractivity contribution in [2.24, 2.45) is 7.05 Å². The van der Waals surface area contributed by atoms with Gasteiger partial charge in [0, 0.05) is 43.0 Å². The number of ether oxygens (including phenoxy) is 1. The van der Waals surface area contributed by atoms with E-state index in [1.165, 1.54) is 6.07 Å². The second-order valence-electron chi connectivity index (χ2n) is 8.45. The zero-order valence-corrected chi connectivity index (χ0v) is 18.5. The Morgan fingerprint density at radius 3 is 2.61 bits per heavy atom. The van der Waals surface area contributed by atoms with Crippen LogP contribution in [0.3, 0.4) is 0 Å². The molecule has 3 heterocycles. The maximum atomic E-state index is 14.6. The SMILES string of the molecule is CN1CCC(Oc2ccc(NC(=O)c3[nH]nc4c(F)cc(-c5cnn(C)c5)cc34)cc2)CC1. The second-order valence-corrected chi connectivity index (χ2v) is 8.45. The van der Waals surface area contributed by atoms with E-state index in [-0.39, 0.29) is 17.3 Å². The number of aryl methyl sites for hydroxylation is 1. The van der Waals surface area contributed by atoms with E-state index < -0.39 is 11.7 Å². The number of aromatic amines is 1. The van der Waals surface area contributed by atoms with Crippen LogP contribution in [-0.4, -0.2) is 57.0 Å². The fourth-order valence-electron chi connectivity index (χ4n) is 4.09. The highest BCUT2D eigenvalue weighted by Gasteiger charge is 2.20. The van der Waals surface area contributed by atoms with Gasteiger partial charge in [0.15, 0.2) is 5.82 Å². The molecule has 2 aromatic heterocycles. The molecule has 2 aromatic carbocycles. The molecule has 0 aliphatic carbocycles. The summed E-state index contributed by atoms with van der Waals surface area (Å²) in [7, 11) is 3.91. The van der Waals surface area contributed by atoms with Crippen molar-refractivity contribution >= 4 is 22.5 Å². The van der Waals surface area contributed by atoms with Crippen LogP contribution >= 0.6 is 0 Å². The topological polar surface area (TPSA) is 88.1 Å². The summed E-state index contributed by atoms with van der Waals surface area (Å²) in [4.78, 5) is 15.2. The summed E-state index contributed by atoms with van der Waals surface area (Å²) in [5.74, 6) is -0.126. The van der Waals surface area contributed by atoms with Crippen molar-refractivity contribution in [3.05, 3.63) is 60.3 Å². The Balaban J connectivity index is 1.32. The van der Waals surface area contributed by atoms with Crippen LogP contribution in [0.2, 0.25) is 0 Å². The number of nitrogens with zero attached hydrogens (tertiary/aromatic N) is 4. The van der Waals surface area contributed by atoms with Gasteiger partial charge in [0.05, 0.1) is 6.20 Å². The smallest absolute Gasteiger partial charge is 0.274 e. The highest BCUT2D eigenvalue weighted by Crippen LogP contribution is 2.28. The number of anilines is 1. The van der Waals surface area contributed by atoms with E-state index >= 15 is 0 Å². The lowest BCUT2D eigenvalue weighted by atomic mass is 10.1. The molecule has 0 saturated carbocycles. The third-order valence-corrected chi connectivity index (χ3v) is 5.96. The Kier molecular flexibility index (Phi) is 5.55. The second kappa shape index (κ2) is 8.67. The van der Waals surface area contributed by atoms with Crippen molar-refractivity contribution in [2.45, 2.75) is 18.9 Å². The van der Waals surface area contributed by atoms with Gasteiger partial charge in [-0.1, -0.05) is 0 Å². The fraction of sp³-hybridized carbons (Fsp3) is 0.292. The third-order valence-electron chi connectivity index (χ3n) is 5.96. The highest BCUT2D eigenvalue weighted by atomic mass is 19.1. The van der Waals surface area contributed by atoms with Gasteiger partial charge in [0.25, 0.3) is 5.91 Å². The average Bonchev–Trinajstić information content (AvgIpc) is 3.43. The van der Waals surface area contributed by atoms with E-state index in [4.69, 9.17) is 4.74 Å². The molecule has 5 rings (SSSR count). The number of amides is 1. The molecule has 2 N–H and O–H groups in total. The molecule has 0 bridgehead atoms. The first-order valence-electron chi connectivity index (χ1n) is 10.9. The molecule has 9 heteroatoms. The standard InChI is InChI=1S/C24H25FN6O2/c1-30-9-7-19(8-10-30)33-18-5-3-17(4-6-18)27-24(32)23-20-11-15(16-13-26-31(2)14-16)12-21(25)22(20)28-29-23/h3-6,11-14,19H,7-10H2,1-2H3,(H,27,32)(H,28,29). The number of hydrogen-bond acceptors (Lipinski definition) is 5. The highest BCUT2D eigenvalue weighted by molar-refractivity contribution is 6.11. The molecular weight excluding hydrogens is 423 g/mol. The first-order valence-corrected chi connectivity index (χ1v) is 10.9. The minimum atomic E-state index is -0.503. The molecule has 1 aliphatic rings. The Labute approximate surface area is 190 Å². The number of piperidine rings is 1. The molecule has 0 atom stereocenters. The average molecular weight is 449 g/mol. The Morgan fingerprint density at radius 1 is 1.15 bits per heavy atom. The van der Waals surface area contributed by atoms with Crippen molar-refractivity contribution in [1.82, 2.24) is 24.9 Å². The summed E-state index contributed by atoms with van der Waals surface area (Å²) >= 11 is 0. The summed E-state index contributed by atoms with van der Waals surface area (Å²) < 4.78 is 22.3. The predicted molar refractivity (Wildman–Crippen MR) is 124 cm³/mol. The van der Waals surface area contributed by atoms with E-state index in [0.29, 0.717) is 16.6 Å². The van der Waals surface area contributed by atoms with Gasteiger partial charge in [0.1, 0.15) is 23.1 Å². The normalized spacial score (nSPS) is 15.1. The number of benzene rings is 2. The van der Waals surface area contributed by atoms with Crippen LogP contribution in [0, 0.1) is 5.82 Å². The van der Waals surface area contributed by atoms with Gasteiger partial charge in [-0.15, -0.1) is 0 Å². The molecule has 0 unspecified atom stereocenters. The number of fused-ring (bicyclic) bond motifs is 1. The molecule has 170 valence electrons. The summed E-state index contributed by atoms with van der Waals surface area (Å²) in [6.45, 7) is 2.06. The number of rotatable bonds is 5. The van der Waals surface area contributed by atoms with Gasteiger partial charge in [-0.25, -0.2) is 4.39 Å². The number of aromatic nitrogens is 4. The molecule has 1 saturated heterocycles. The number of carbonyl (C=O) groups excluding carboxylic acids is 1. The van der Waals surface area contributed by atoms with Crippen LogP contribution < -0.4 is 10.1 Å². The van der Waals surface area contributed by atoms with Gasteiger partial charge >= 0.3 is 0 Å². The number of H-pyrrole nitrogens is 1. The molecule has 1 amide bonds. The number of hydrogen-bond donors (Lipinski definition) is 2. The lowest BCUT2D eigenvalue weighted by Crippen LogP contribution is -2.35. The van der Waals surface area contributed by atoms with Gasteiger partial charge in [-0.2, -0.15) is 10.2 Å². The quantitative estimate of drug-likeness (QED) is 0.485. The van der Waals surface area contributed by atoms with Gasteiger partial charge in [-0.3, -0.25) is 14.6 Å². The van der Waals surface area contributed by atoms with Crippen LogP contribution in [0.1, 0.15) is 23.3 Å². The molecule has 33 heavy (non-hydrogen) atoms. The van der Waals surface area contributed by atoms with Crippen LogP contribution in [0.25, 0.3) is 22.0 Å². The lowest BCUT2D eigenvalue weighted by Gasteiger charge is -2.29. The Bertz CT molecular complexity index is 1290. The van der Waals surface area contributed by atoms with Gasteiger partial charge in [0.2, 0.25) is 0 Å². The predicted octanol–water partition coefficient (Wildman–Crippen LogP) is 3.83. The minimum Gasteiger partial charge on any atom is -0.490 e. The largest absolute Gasteiger partial charge is 0.490 e. The third kappa shape index (κ3) is 4.45. The summed E-state index contributed by atoms with van der Waals surface area (Å²) in [6, 6.07) is 10.4. The Hall–Kier alpha value is -3.72. The van der Waals surface area contributed by atoms with Crippen LogP contribution in [0.4, 0.5) is 10.1 Å². The molecule has 0 spiro atoms. The van der Waals surface area contributed by atoms with Crippen molar-refractivity contribution in [2.75, 3.05) is 25.5 Å². The zero-order chi connectivity index (χ0) is 22.9. The lowest BCUT2D eigenvalue weighted by molar-refractivity contribution is 0.102. The van der Waals surface area contributed by atoms with Crippen LogP contribution in [0.5, 0.6) is 5.75 Å². The first kappa shape index (κ1) is 21.1. The van der Waals surface area contributed by atoms with Gasteiger partial charge in [-0.05, 0) is 61.9 Å². The molecular formula is C24H25FN6O2. The van der Waals surface area contributed by atoms with Crippen LogP contribution in [0.15, 0.2) is 48.8 Å². The fourth-order valence-corrected chi connectivity index (χ4v) is 4.09. The molecule has 8 nitrogen and oxygen atoms in total. The molecule has 1 aliphatic heterocycles. The van der Waals surface area contributed by atoms with E-state index in [2.05, 4.69) is 32.6 Å². The van der Waals surface area contributed by atoms with E-state index in [1.807, 2.05) is 12.1 Å². The minimum absolute atomic E-state index is 0.120. The van der Waals surface area contributed by atoms with Crippen LogP contribution in [-0.2, 0) is 7.05 Å². The maximum Gasteiger partial charge on any atom is 0.274 e. The van der Waals surface area contributed by atoms with E-state index in [9.17, 15) is 9.18 Å². The van der Waals surface area contributed by atoms with Crippen molar-refractivity contribution in [1.29, 1.82) is 0 Å². The first-order chi connectivity index (χ1) is 16.0. The summed E-state index contributed by atoms with van der Waals surface area (Å²) in [6.07, 6.45) is 5.64. The summed E-state index contributed by atoms with van der Waals surface area (Å²) in [5, 5.41) is 14.1. The maximum absolute atomic E-state index is 14.6. The van der Waals surface area contributed by atoms with Crippen molar-refractivity contribution < 1.29 is 13.9 Å². The Morgan fingerprint density at radius 2 is 1.91 bits per heavy atom. The van der Waals surface area contributed by atoms with Gasteiger partial charge < -0.3 is 15.0 Å².